The molecule has 3 rings (SSSR count). The van der Waals surface area contributed by atoms with Gasteiger partial charge in [0.15, 0.2) is 0 Å². The minimum absolute atomic E-state index is 0.142. The van der Waals surface area contributed by atoms with E-state index in [2.05, 4.69) is 10.4 Å². The normalized spacial score (nSPS) is 10.8. The van der Waals surface area contributed by atoms with E-state index in [0.717, 1.165) is 18.4 Å². The number of carbonyl (C=O) groups is 1. The topological polar surface area (TPSA) is 69.3 Å². The lowest BCUT2D eigenvalue weighted by molar-refractivity contribution is 0.0952. The highest BCUT2D eigenvalue weighted by Crippen LogP contribution is 2.28. The molecule has 2 heterocycles. The number of fused-ring (bicyclic) bond motifs is 1. The highest BCUT2D eigenvalue weighted by molar-refractivity contribution is 5.99. The maximum absolute atomic E-state index is 12.2. The van der Waals surface area contributed by atoms with Crippen LogP contribution in [0.1, 0.15) is 16.8 Å². The molecule has 0 bridgehead atoms. The van der Waals surface area contributed by atoms with Crippen LogP contribution in [-0.4, -0.2) is 29.3 Å². The fraction of sp³-hybridized carbons (Fsp3) is 0.250. The lowest BCUT2D eigenvalue weighted by atomic mass is 10.1. The predicted octanol–water partition coefficient (Wildman–Crippen LogP) is 2.46. The molecule has 22 heavy (non-hydrogen) atoms. The lowest BCUT2D eigenvalue weighted by Gasteiger charge is -2.08. The third-order valence-electron chi connectivity index (χ3n) is 3.42. The summed E-state index contributed by atoms with van der Waals surface area (Å²) < 4.78 is 12.5. The number of furan rings is 1. The van der Waals surface area contributed by atoms with Crippen molar-refractivity contribution >= 4 is 16.9 Å². The van der Waals surface area contributed by atoms with Gasteiger partial charge in [-0.05, 0) is 30.7 Å². The number of carbonyl (C=O) groups excluding carboxylic acids is 1. The summed E-state index contributed by atoms with van der Waals surface area (Å²) in [7, 11) is 1.58. The second kappa shape index (κ2) is 6.34. The summed E-state index contributed by atoms with van der Waals surface area (Å²) in [6.07, 6.45) is 6.04. The average molecular weight is 299 g/mol. The molecule has 0 fully saturated rings. The van der Waals surface area contributed by atoms with Gasteiger partial charge in [0.05, 0.1) is 18.8 Å². The summed E-state index contributed by atoms with van der Waals surface area (Å²) >= 11 is 0. The number of hydrogen-bond acceptors (Lipinski definition) is 4. The van der Waals surface area contributed by atoms with Crippen molar-refractivity contribution in [3.63, 3.8) is 0 Å². The quantitative estimate of drug-likeness (QED) is 0.710. The SMILES string of the molecule is COc1cc(C(=O)NCCCn2cccn2)cc2occc12. The third-order valence-corrected chi connectivity index (χ3v) is 3.42. The zero-order chi connectivity index (χ0) is 15.4. The third kappa shape index (κ3) is 2.95. The Bertz CT molecular complexity index is 762. The number of methoxy groups -OCH3 is 1. The van der Waals surface area contributed by atoms with E-state index in [4.69, 9.17) is 9.15 Å². The number of amides is 1. The Balaban J connectivity index is 1.62. The standard InChI is InChI=1S/C16H17N3O3/c1-21-14-10-12(11-15-13(14)4-9-22-15)16(20)17-5-2-7-19-8-3-6-18-19/h3-4,6,8-11H,2,5,7H2,1H3,(H,17,20). The first-order valence-electron chi connectivity index (χ1n) is 7.09. The van der Waals surface area contributed by atoms with E-state index >= 15 is 0 Å². The molecule has 0 aliphatic carbocycles. The van der Waals surface area contributed by atoms with Crippen LogP contribution in [0.3, 0.4) is 0 Å². The first-order chi connectivity index (χ1) is 10.8. The Hall–Kier alpha value is -2.76. The Kier molecular flexibility index (Phi) is 4.09. The van der Waals surface area contributed by atoms with Crippen molar-refractivity contribution in [3.8, 4) is 5.75 Å². The average Bonchev–Trinajstić information content (AvgIpc) is 3.21. The van der Waals surface area contributed by atoms with E-state index in [9.17, 15) is 4.79 Å². The Morgan fingerprint density at radius 1 is 1.45 bits per heavy atom. The van der Waals surface area contributed by atoms with Crippen LogP contribution < -0.4 is 10.1 Å². The number of nitrogens with one attached hydrogen (secondary N) is 1. The van der Waals surface area contributed by atoms with Gasteiger partial charge in [-0.25, -0.2) is 0 Å². The molecule has 0 saturated heterocycles. The molecule has 6 heteroatoms. The Morgan fingerprint density at radius 2 is 2.36 bits per heavy atom. The molecule has 1 amide bonds. The fourth-order valence-corrected chi connectivity index (χ4v) is 2.32. The van der Waals surface area contributed by atoms with Gasteiger partial charge in [-0.2, -0.15) is 5.10 Å². The second-order valence-corrected chi connectivity index (χ2v) is 4.89. The van der Waals surface area contributed by atoms with Crippen molar-refractivity contribution in [2.45, 2.75) is 13.0 Å². The summed E-state index contributed by atoms with van der Waals surface area (Å²) in [5, 5.41) is 7.87. The van der Waals surface area contributed by atoms with Crippen LogP contribution in [0.2, 0.25) is 0 Å². The zero-order valence-corrected chi connectivity index (χ0v) is 12.3. The number of aryl methyl sites for hydroxylation is 1. The minimum atomic E-state index is -0.142. The van der Waals surface area contributed by atoms with Crippen LogP contribution in [0.25, 0.3) is 11.0 Å². The van der Waals surface area contributed by atoms with E-state index < -0.39 is 0 Å². The Labute approximate surface area is 127 Å². The highest BCUT2D eigenvalue weighted by Gasteiger charge is 2.12. The fourth-order valence-electron chi connectivity index (χ4n) is 2.32. The van der Waals surface area contributed by atoms with Gasteiger partial charge in [-0.1, -0.05) is 0 Å². The van der Waals surface area contributed by atoms with Crippen molar-refractivity contribution in [3.05, 3.63) is 48.5 Å². The van der Waals surface area contributed by atoms with Crippen LogP contribution in [-0.2, 0) is 6.54 Å². The van der Waals surface area contributed by atoms with E-state index in [-0.39, 0.29) is 5.91 Å². The van der Waals surface area contributed by atoms with Gasteiger partial charge >= 0.3 is 0 Å². The molecular formula is C16H17N3O3. The van der Waals surface area contributed by atoms with Gasteiger partial charge in [-0.15, -0.1) is 0 Å². The molecule has 6 nitrogen and oxygen atoms in total. The number of rotatable bonds is 6. The first-order valence-corrected chi connectivity index (χ1v) is 7.09. The Morgan fingerprint density at radius 3 is 3.14 bits per heavy atom. The number of hydrogen-bond donors (Lipinski definition) is 1. The molecule has 0 spiro atoms. The van der Waals surface area contributed by atoms with Crippen molar-refractivity contribution in [2.75, 3.05) is 13.7 Å². The van der Waals surface area contributed by atoms with E-state index in [1.807, 2.05) is 23.0 Å². The molecule has 0 atom stereocenters. The monoisotopic (exact) mass is 299 g/mol. The number of benzene rings is 1. The van der Waals surface area contributed by atoms with Crippen molar-refractivity contribution in [1.29, 1.82) is 0 Å². The summed E-state index contributed by atoms with van der Waals surface area (Å²) in [6, 6.07) is 7.14. The van der Waals surface area contributed by atoms with E-state index in [0.29, 0.717) is 23.4 Å². The van der Waals surface area contributed by atoms with Crippen LogP contribution >= 0.6 is 0 Å². The minimum Gasteiger partial charge on any atom is -0.496 e. The predicted molar refractivity (Wildman–Crippen MR) is 81.9 cm³/mol. The number of nitrogens with zero attached hydrogens (tertiary/aromatic N) is 2. The number of aromatic nitrogens is 2. The molecule has 3 aromatic rings. The van der Waals surface area contributed by atoms with Crippen molar-refractivity contribution in [2.24, 2.45) is 0 Å². The van der Waals surface area contributed by atoms with Gasteiger partial charge in [0, 0.05) is 31.0 Å². The lowest BCUT2D eigenvalue weighted by Crippen LogP contribution is -2.25. The van der Waals surface area contributed by atoms with Crippen LogP contribution in [0, 0.1) is 0 Å². The molecular weight excluding hydrogens is 282 g/mol. The van der Waals surface area contributed by atoms with Crippen LogP contribution in [0.5, 0.6) is 5.75 Å². The smallest absolute Gasteiger partial charge is 0.251 e. The van der Waals surface area contributed by atoms with Gasteiger partial charge in [0.25, 0.3) is 5.91 Å². The first kappa shape index (κ1) is 14.2. The molecule has 0 unspecified atom stereocenters. The summed E-state index contributed by atoms with van der Waals surface area (Å²) in [4.78, 5) is 12.2. The summed E-state index contributed by atoms with van der Waals surface area (Å²) in [6.45, 7) is 1.35. The van der Waals surface area contributed by atoms with Crippen molar-refractivity contribution < 1.29 is 13.9 Å². The van der Waals surface area contributed by atoms with Crippen LogP contribution in [0.4, 0.5) is 0 Å². The maximum Gasteiger partial charge on any atom is 0.251 e. The van der Waals surface area contributed by atoms with Gasteiger partial charge in [-0.3, -0.25) is 9.48 Å². The zero-order valence-electron chi connectivity index (χ0n) is 12.3. The summed E-state index contributed by atoms with van der Waals surface area (Å²) in [5.74, 6) is 0.491. The molecule has 2 aromatic heterocycles. The van der Waals surface area contributed by atoms with Crippen LogP contribution in [0.15, 0.2) is 47.3 Å². The molecule has 1 aromatic carbocycles. The van der Waals surface area contributed by atoms with Gasteiger partial charge in [0.1, 0.15) is 11.3 Å². The molecule has 0 radical (unpaired) electrons. The molecule has 1 N–H and O–H groups in total. The highest BCUT2D eigenvalue weighted by atomic mass is 16.5. The van der Waals surface area contributed by atoms with Gasteiger partial charge < -0.3 is 14.5 Å². The molecule has 114 valence electrons. The maximum atomic E-state index is 12.2. The largest absolute Gasteiger partial charge is 0.496 e. The molecule has 0 saturated carbocycles. The second-order valence-electron chi connectivity index (χ2n) is 4.89. The van der Waals surface area contributed by atoms with Crippen molar-refractivity contribution in [1.82, 2.24) is 15.1 Å². The number of ether oxygens (including phenoxy) is 1. The van der Waals surface area contributed by atoms with E-state index in [1.54, 1.807) is 31.7 Å². The summed E-state index contributed by atoms with van der Waals surface area (Å²) in [5.41, 5.74) is 1.17. The molecule has 0 aliphatic rings. The van der Waals surface area contributed by atoms with Gasteiger partial charge in [0.2, 0.25) is 0 Å². The van der Waals surface area contributed by atoms with E-state index in [1.165, 1.54) is 0 Å². The molecule has 0 aliphatic heterocycles.